The molecule has 0 aliphatic heterocycles. The third-order valence-electron chi connectivity index (χ3n) is 3.18. The molecule has 0 radical (unpaired) electrons. The molecular formula is C13H21N3O. The SMILES string of the molecule is CCC(C#N)(CC)C(=O)N(CCC#N)C(C)C. The maximum atomic E-state index is 12.4. The Labute approximate surface area is 104 Å². The molecule has 0 bridgehead atoms. The van der Waals surface area contributed by atoms with Crippen molar-refractivity contribution in [2.45, 2.75) is 53.0 Å². The Kier molecular flexibility index (Phi) is 6.28. The van der Waals surface area contributed by atoms with E-state index in [2.05, 4.69) is 6.07 Å². The molecule has 0 atom stereocenters. The molecule has 0 aromatic rings. The molecule has 0 unspecified atom stereocenters. The van der Waals surface area contributed by atoms with E-state index in [-0.39, 0.29) is 11.9 Å². The highest BCUT2D eigenvalue weighted by molar-refractivity contribution is 5.85. The monoisotopic (exact) mass is 235 g/mol. The van der Waals surface area contributed by atoms with Gasteiger partial charge in [0, 0.05) is 12.6 Å². The predicted molar refractivity (Wildman–Crippen MR) is 65.7 cm³/mol. The molecule has 1 amide bonds. The number of hydrogen-bond donors (Lipinski definition) is 0. The Morgan fingerprint density at radius 1 is 1.29 bits per heavy atom. The quantitative estimate of drug-likeness (QED) is 0.710. The lowest BCUT2D eigenvalue weighted by Gasteiger charge is -2.33. The maximum Gasteiger partial charge on any atom is 0.243 e. The Balaban J connectivity index is 5.07. The first-order valence-electron chi connectivity index (χ1n) is 6.08. The highest BCUT2D eigenvalue weighted by Crippen LogP contribution is 2.29. The number of nitrogens with zero attached hydrogens (tertiary/aromatic N) is 3. The van der Waals surface area contributed by atoms with Crippen molar-refractivity contribution < 1.29 is 4.79 Å². The Hall–Kier alpha value is -1.55. The van der Waals surface area contributed by atoms with E-state index in [1.165, 1.54) is 0 Å². The van der Waals surface area contributed by atoms with Crippen LogP contribution in [0, 0.1) is 28.1 Å². The molecule has 0 aliphatic carbocycles. The molecule has 17 heavy (non-hydrogen) atoms. The summed E-state index contributed by atoms with van der Waals surface area (Å²) < 4.78 is 0. The molecular weight excluding hydrogens is 214 g/mol. The van der Waals surface area contributed by atoms with Gasteiger partial charge in [0.05, 0.1) is 18.6 Å². The van der Waals surface area contributed by atoms with Crippen LogP contribution in [0.2, 0.25) is 0 Å². The third kappa shape index (κ3) is 3.46. The third-order valence-corrected chi connectivity index (χ3v) is 3.18. The zero-order chi connectivity index (χ0) is 13.5. The molecule has 0 heterocycles. The predicted octanol–water partition coefficient (Wildman–Crippen LogP) is 2.47. The second kappa shape index (κ2) is 6.91. The highest BCUT2D eigenvalue weighted by Gasteiger charge is 2.38. The lowest BCUT2D eigenvalue weighted by atomic mass is 9.82. The molecule has 4 nitrogen and oxygen atoms in total. The van der Waals surface area contributed by atoms with E-state index >= 15 is 0 Å². The van der Waals surface area contributed by atoms with Gasteiger partial charge in [-0.15, -0.1) is 0 Å². The summed E-state index contributed by atoms with van der Waals surface area (Å²) in [5.41, 5.74) is -0.931. The first kappa shape index (κ1) is 15.4. The van der Waals surface area contributed by atoms with E-state index in [1.54, 1.807) is 4.90 Å². The van der Waals surface area contributed by atoms with E-state index in [4.69, 9.17) is 5.26 Å². The first-order chi connectivity index (χ1) is 7.98. The van der Waals surface area contributed by atoms with Gasteiger partial charge in [-0.2, -0.15) is 10.5 Å². The van der Waals surface area contributed by atoms with Crippen molar-refractivity contribution in [3.05, 3.63) is 0 Å². The normalized spacial score (nSPS) is 10.8. The number of nitriles is 2. The van der Waals surface area contributed by atoms with Gasteiger partial charge in [-0.3, -0.25) is 4.79 Å². The molecule has 0 saturated heterocycles. The highest BCUT2D eigenvalue weighted by atomic mass is 16.2. The van der Waals surface area contributed by atoms with Crippen molar-refractivity contribution in [2.24, 2.45) is 5.41 Å². The smallest absolute Gasteiger partial charge is 0.243 e. The first-order valence-corrected chi connectivity index (χ1v) is 6.08. The van der Waals surface area contributed by atoms with Crippen LogP contribution in [0.3, 0.4) is 0 Å². The van der Waals surface area contributed by atoms with Crippen LogP contribution in [-0.4, -0.2) is 23.4 Å². The molecule has 0 aliphatic rings. The number of amides is 1. The van der Waals surface area contributed by atoms with Gasteiger partial charge in [0.25, 0.3) is 0 Å². The molecule has 0 spiro atoms. The Morgan fingerprint density at radius 3 is 2.12 bits per heavy atom. The van der Waals surface area contributed by atoms with E-state index in [1.807, 2.05) is 33.8 Å². The van der Waals surface area contributed by atoms with Gasteiger partial charge in [-0.25, -0.2) is 0 Å². The minimum Gasteiger partial charge on any atom is -0.338 e. The van der Waals surface area contributed by atoms with E-state index < -0.39 is 5.41 Å². The average Bonchev–Trinajstić information content (AvgIpc) is 2.32. The molecule has 94 valence electrons. The molecule has 4 heteroatoms. The number of carbonyl (C=O) groups is 1. The molecule has 0 rings (SSSR count). The molecule has 0 fully saturated rings. The van der Waals surface area contributed by atoms with Crippen molar-refractivity contribution in [1.82, 2.24) is 4.90 Å². The van der Waals surface area contributed by atoms with E-state index in [0.717, 1.165) is 0 Å². The fraction of sp³-hybridized carbons (Fsp3) is 0.769. The summed E-state index contributed by atoms with van der Waals surface area (Å²) in [5, 5.41) is 17.8. The van der Waals surface area contributed by atoms with E-state index in [0.29, 0.717) is 25.8 Å². The second-order valence-corrected chi connectivity index (χ2v) is 4.40. The summed E-state index contributed by atoms with van der Waals surface area (Å²) in [6.45, 7) is 7.92. The largest absolute Gasteiger partial charge is 0.338 e. The van der Waals surface area contributed by atoms with Crippen LogP contribution in [0.5, 0.6) is 0 Å². The summed E-state index contributed by atoms with van der Waals surface area (Å²) in [6, 6.07) is 4.20. The van der Waals surface area contributed by atoms with Crippen molar-refractivity contribution in [3.8, 4) is 12.1 Å². The average molecular weight is 235 g/mol. The summed E-state index contributed by atoms with van der Waals surface area (Å²) in [5.74, 6) is -0.143. The minimum atomic E-state index is -0.931. The number of rotatable bonds is 6. The van der Waals surface area contributed by atoms with Crippen LogP contribution in [0.1, 0.15) is 47.0 Å². The summed E-state index contributed by atoms with van der Waals surface area (Å²) in [4.78, 5) is 14.0. The zero-order valence-corrected chi connectivity index (χ0v) is 11.2. The fourth-order valence-electron chi connectivity index (χ4n) is 1.80. The van der Waals surface area contributed by atoms with Crippen molar-refractivity contribution in [2.75, 3.05) is 6.54 Å². The van der Waals surface area contributed by atoms with Crippen LogP contribution in [0.25, 0.3) is 0 Å². The maximum absolute atomic E-state index is 12.4. The lowest BCUT2D eigenvalue weighted by molar-refractivity contribution is -0.141. The molecule has 0 aromatic carbocycles. The lowest BCUT2D eigenvalue weighted by Crippen LogP contribution is -2.46. The van der Waals surface area contributed by atoms with Gasteiger partial charge in [0.1, 0.15) is 5.41 Å². The molecule has 0 saturated carbocycles. The fourth-order valence-corrected chi connectivity index (χ4v) is 1.80. The van der Waals surface area contributed by atoms with Gasteiger partial charge in [0.2, 0.25) is 5.91 Å². The van der Waals surface area contributed by atoms with Gasteiger partial charge >= 0.3 is 0 Å². The van der Waals surface area contributed by atoms with Gasteiger partial charge in [-0.05, 0) is 26.7 Å². The summed E-state index contributed by atoms with van der Waals surface area (Å²) in [6.07, 6.45) is 1.32. The van der Waals surface area contributed by atoms with Crippen LogP contribution in [0.4, 0.5) is 0 Å². The summed E-state index contributed by atoms with van der Waals surface area (Å²) >= 11 is 0. The van der Waals surface area contributed by atoms with Crippen LogP contribution >= 0.6 is 0 Å². The Bertz CT molecular complexity index is 332. The number of carbonyl (C=O) groups excluding carboxylic acids is 1. The van der Waals surface area contributed by atoms with Gasteiger partial charge < -0.3 is 4.90 Å². The van der Waals surface area contributed by atoms with Gasteiger partial charge in [-0.1, -0.05) is 13.8 Å². The van der Waals surface area contributed by atoms with Crippen LogP contribution in [-0.2, 0) is 4.79 Å². The molecule has 0 aromatic heterocycles. The zero-order valence-electron chi connectivity index (χ0n) is 11.2. The van der Waals surface area contributed by atoms with Crippen molar-refractivity contribution in [1.29, 1.82) is 10.5 Å². The van der Waals surface area contributed by atoms with Crippen LogP contribution < -0.4 is 0 Å². The molecule has 0 N–H and O–H groups in total. The topological polar surface area (TPSA) is 67.9 Å². The standard InChI is InChI=1S/C13H21N3O/c1-5-13(6-2,10-15)12(17)16(11(3)4)9-7-8-14/h11H,5-7,9H2,1-4H3. The minimum absolute atomic E-state index is 0.0154. The van der Waals surface area contributed by atoms with Crippen molar-refractivity contribution >= 4 is 5.91 Å². The summed E-state index contributed by atoms with van der Waals surface area (Å²) in [7, 11) is 0. The number of hydrogen-bond acceptors (Lipinski definition) is 3. The Morgan fingerprint density at radius 2 is 1.82 bits per heavy atom. The van der Waals surface area contributed by atoms with Crippen LogP contribution in [0.15, 0.2) is 0 Å². The van der Waals surface area contributed by atoms with E-state index in [9.17, 15) is 10.1 Å². The van der Waals surface area contributed by atoms with Gasteiger partial charge in [0.15, 0.2) is 0 Å². The second-order valence-electron chi connectivity index (χ2n) is 4.40. The van der Waals surface area contributed by atoms with Crippen molar-refractivity contribution in [3.63, 3.8) is 0 Å².